The summed E-state index contributed by atoms with van der Waals surface area (Å²) in [5.74, 6) is -0.0157. The zero-order chi connectivity index (χ0) is 18.5. The maximum atomic E-state index is 13.3. The highest BCUT2D eigenvalue weighted by Gasteiger charge is 2.15. The lowest BCUT2D eigenvalue weighted by atomic mass is 10.2. The van der Waals surface area contributed by atoms with Crippen molar-refractivity contribution in [1.82, 2.24) is 25.1 Å². The van der Waals surface area contributed by atoms with Crippen molar-refractivity contribution in [2.45, 2.75) is 20.0 Å². The van der Waals surface area contributed by atoms with Crippen LogP contribution in [-0.4, -0.2) is 37.6 Å². The van der Waals surface area contributed by atoms with Gasteiger partial charge in [0.2, 0.25) is 11.7 Å². The van der Waals surface area contributed by atoms with Crippen molar-refractivity contribution in [2.75, 3.05) is 6.54 Å². The van der Waals surface area contributed by atoms with E-state index in [1.165, 1.54) is 16.9 Å². The van der Waals surface area contributed by atoms with Gasteiger partial charge in [-0.05, 0) is 54.1 Å². The Bertz CT molecular complexity index is 897. The molecule has 0 aliphatic rings. The summed E-state index contributed by atoms with van der Waals surface area (Å²) in [5, 5.41) is 12.2. The van der Waals surface area contributed by atoms with Crippen LogP contribution in [0.3, 0.4) is 0 Å². The van der Waals surface area contributed by atoms with E-state index in [1.54, 1.807) is 17.0 Å². The Hall–Kier alpha value is -2.61. The molecule has 2 aromatic carbocycles. The van der Waals surface area contributed by atoms with Gasteiger partial charge in [0.25, 0.3) is 0 Å². The number of halogens is 2. The van der Waals surface area contributed by atoms with Gasteiger partial charge >= 0.3 is 0 Å². The van der Waals surface area contributed by atoms with E-state index in [0.29, 0.717) is 18.9 Å². The van der Waals surface area contributed by atoms with Crippen LogP contribution in [0.15, 0.2) is 53.0 Å². The van der Waals surface area contributed by atoms with Crippen molar-refractivity contribution in [3.05, 3.63) is 64.4 Å². The minimum atomic E-state index is -0.317. The predicted octanol–water partition coefficient (Wildman–Crippen LogP) is 3.29. The Morgan fingerprint density at radius 2 is 2.00 bits per heavy atom. The van der Waals surface area contributed by atoms with Gasteiger partial charge in [-0.3, -0.25) is 4.79 Å². The van der Waals surface area contributed by atoms with Gasteiger partial charge in [-0.25, -0.2) is 4.39 Å². The van der Waals surface area contributed by atoms with Gasteiger partial charge in [0.05, 0.1) is 0 Å². The van der Waals surface area contributed by atoms with Crippen molar-refractivity contribution >= 4 is 21.8 Å². The average molecular weight is 418 g/mol. The van der Waals surface area contributed by atoms with Gasteiger partial charge < -0.3 is 4.90 Å². The smallest absolute Gasteiger partial charge is 0.246 e. The third-order valence-electron chi connectivity index (χ3n) is 3.83. The van der Waals surface area contributed by atoms with E-state index in [1.807, 2.05) is 31.2 Å². The van der Waals surface area contributed by atoms with Gasteiger partial charge in [0, 0.05) is 23.1 Å². The fourth-order valence-electron chi connectivity index (χ4n) is 2.48. The third kappa shape index (κ3) is 4.51. The number of nitrogens with zero attached hydrogens (tertiary/aromatic N) is 5. The van der Waals surface area contributed by atoms with Gasteiger partial charge in [-0.15, -0.1) is 10.2 Å². The summed E-state index contributed by atoms with van der Waals surface area (Å²) in [4.78, 5) is 15.4. The van der Waals surface area contributed by atoms with E-state index in [4.69, 9.17) is 0 Å². The van der Waals surface area contributed by atoms with Crippen molar-refractivity contribution in [2.24, 2.45) is 0 Å². The number of rotatable bonds is 6. The average Bonchev–Trinajstić information content (AvgIpc) is 3.08. The van der Waals surface area contributed by atoms with Crippen molar-refractivity contribution in [3.63, 3.8) is 0 Å². The molecule has 8 heteroatoms. The molecule has 0 aliphatic heterocycles. The van der Waals surface area contributed by atoms with Crippen molar-refractivity contribution < 1.29 is 9.18 Å². The second kappa shape index (κ2) is 8.18. The molecule has 0 bridgehead atoms. The topological polar surface area (TPSA) is 63.9 Å². The first-order valence-corrected chi connectivity index (χ1v) is 8.90. The fraction of sp³-hybridized carbons (Fsp3) is 0.222. The molecule has 0 aliphatic carbocycles. The Kier molecular flexibility index (Phi) is 5.72. The standard InChI is InChI=1S/C18H17BrFN5O/c1-2-24(11-13-4-3-5-16(20)10-13)17(26)12-25-22-18(21-23-25)14-6-8-15(19)9-7-14/h3-10H,2,11-12H2,1H3. The van der Waals surface area contributed by atoms with Gasteiger partial charge in [0.15, 0.2) is 0 Å². The maximum Gasteiger partial charge on any atom is 0.246 e. The zero-order valence-electron chi connectivity index (χ0n) is 14.1. The molecule has 1 heterocycles. The molecule has 0 atom stereocenters. The number of likely N-dealkylation sites (N-methyl/N-ethyl adjacent to an activating group) is 1. The number of carbonyl (C=O) groups excluding carboxylic acids is 1. The lowest BCUT2D eigenvalue weighted by molar-refractivity contribution is -0.132. The minimum absolute atomic E-state index is 0.0211. The highest BCUT2D eigenvalue weighted by molar-refractivity contribution is 9.10. The number of aromatic nitrogens is 4. The molecule has 26 heavy (non-hydrogen) atoms. The fourth-order valence-corrected chi connectivity index (χ4v) is 2.74. The summed E-state index contributed by atoms with van der Waals surface area (Å²) in [5.41, 5.74) is 1.56. The maximum absolute atomic E-state index is 13.3. The van der Waals surface area contributed by atoms with E-state index < -0.39 is 0 Å². The second-order valence-corrected chi connectivity index (χ2v) is 6.60. The van der Waals surface area contributed by atoms with Crippen LogP contribution >= 0.6 is 15.9 Å². The van der Waals surface area contributed by atoms with E-state index in [2.05, 4.69) is 31.3 Å². The summed E-state index contributed by atoms with van der Waals surface area (Å²) >= 11 is 3.38. The molecule has 1 aromatic heterocycles. The molecule has 134 valence electrons. The Morgan fingerprint density at radius 3 is 2.69 bits per heavy atom. The Labute approximate surface area is 158 Å². The van der Waals surface area contributed by atoms with Crippen LogP contribution in [0.1, 0.15) is 12.5 Å². The van der Waals surface area contributed by atoms with Crippen LogP contribution in [0.4, 0.5) is 4.39 Å². The highest BCUT2D eigenvalue weighted by atomic mass is 79.9. The van der Waals surface area contributed by atoms with Crippen LogP contribution in [0.5, 0.6) is 0 Å². The number of benzene rings is 2. The van der Waals surface area contributed by atoms with E-state index in [0.717, 1.165) is 15.6 Å². The quantitative estimate of drug-likeness (QED) is 0.617. The molecule has 6 nitrogen and oxygen atoms in total. The number of carbonyl (C=O) groups is 1. The van der Waals surface area contributed by atoms with Crippen LogP contribution in [0.2, 0.25) is 0 Å². The molecule has 0 saturated heterocycles. The first-order chi connectivity index (χ1) is 12.5. The second-order valence-electron chi connectivity index (χ2n) is 5.69. The molecule has 3 rings (SSSR count). The van der Waals surface area contributed by atoms with E-state index in [9.17, 15) is 9.18 Å². The summed E-state index contributed by atoms with van der Waals surface area (Å²) in [7, 11) is 0. The molecule has 0 N–H and O–H groups in total. The van der Waals surface area contributed by atoms with Crippen LogP contribution in [-0.2, 0) is 17.9 Å². The first-order valence-electron chi connectivity index (χ1n) is 8.11. The number of hydrogen-bond donors (Lipinski definition) is 0. The van der Waals surface area contributed by atoms with Gasteiger partial charge in [-0.2, -0.15) is 4.80 Å². The molecule has 0 unspecified atom stereocenters. The molecule has 0 spiro atoms. The number of hydrogen-bond acceptors (Lipinski definition) is 4. The van der Waals surface area contributed by atoms with Crippen LogP contribution < -0.4 is 0 Å². The predicted molar refractivity (Wildman–Crippen MR) is 98.4 cm³/mol. The third-order valence-corrected chi connectivity index (χ3v) is 4.36. The molecule has 1 amide bonds. The summed E-state index contributed by atoms with van der Waals surface area (Å²) in [6.45, 7) is 2.69. The summed E-state index contributed by atoms with van der Waals surface area (Å²) in [6.07, 6.45) is 0. The van der Waals surface area contributed by atoms with E-state index in [-0.39, 0.29) is 18.3 Å². The Morgan fingerprint density at radius 1 is 1.23 bits per heavy atom. The summed E-state index contributed by atoms with van der Waals surface area (Å²) < 4.78 is 14.3. The van der Waals surface area contributed by atoms with Crippen LogP contribution in [0, 0.1) is 5.82 Å². The Balaban J connectivity index is 1.67. The van der Waals surface area contributed by atoms with Gasteiger partial charge in [0.1, 0.15) is 12.4 Å². The molecule has 0 radical (unpaired) electrons. The van der Waals surface area contributed by atoms with Crippen molar-refractivity contribution in [1.29, 1.82) is 0 Å². The first kappa shape index (κ1) is 18.2. The minimum Gasteiger partial charge on any atom is -0.337 e. The largest absolute Gasteiger partial charge is 0.337 e. The van der Waals surface area contributed by atoms with Crippen LogP contribution in [0.25, 0.3) is 11.4 Å². The SMILES string of the molecule is CCN(Cc1cccc(F)c1)C(=O)Cn1nnc(-c2ccc(Br)cc2)n1. The number of tetrazole rings is 1. The lowest BCUT2D eigenvalue weighted by Crippen LogP contribution is -2.33. The normalized spacial score (nSPS) is 10.7. The molecule has 3 aromatic rings. The monoisotopic (exact) mass is 417 g/mol. The highest BCUT2D eigenvalue weighted by Crippen LogP contribution is 2.17. The molecular formula is C18H17BrFN5O. The lowest BCUT2D eigenvalue weighted by Gasteiger charge is -2.20. The molecule has 0 fully saturated rings. The number of amides is 1. The molecular weight excluding hydrogens is 401 g/mol. The summed E-state index contributed by atoms with van der Waals surface area (Å²) in [6, 6.07) is 13.7. The van der Waals surface area contributed by atoms with Gasteiger partial charge in [-0.1, -0.05) is 28.1 Å². The zero-order valence-corrected chi connectivity index (χ0v) is 15.7. The van der Waals surface area contributed by atoms with Crippen molar-refractivity contribution in [3.8, 4) is 11.4 Å². The van der Waals surface area contributed by atoms with E-state index >= 15 is 0 Å². The molecule has 0 saturated carbocycles.